The second-order valence-corrected chi connectivity index (χ2v) is 5.34. The number of halogens is 6. The summed E-state index contributed by atoms with van der Waals surface area (Å²) >= 11 is 0. The number of alkyl halides is 6. The Morgan fingerprint density at radius 2 is 1.36 bits per heavy atom. The zero-order chi connectivity index (χ0) is 19.7. The Labute approximate surface area is 140 Å². The first kappa shape index (κ1) is 23.2. The van der Waals surface area contributed by atoms with E-state index >= 15 is 0 Å². The number of hydrogen-bond acceptors (Lipinski definition) is 3. The third-order valence-corrected chi connectivity index (χ3v) is 3.24. The van der Waals surface area contributed by atoms with Crippen LogP contribution in [0.2, 0.25) is 0 Å². The van der Waals surface area contributed by atoms with Crippen LogP contribution in [0, 0.1) is 0 Å². The summed E-state index contributed by atoms with van der Waals surface area (Å²) in [5, 5.41) is 1.69. The molecule has 0 aliphatic carbocycles. The van der Waals surface area contributed by atoms with Gasteiger partial charge in [-0.2, -0.15) is 26.3 Å². The fourth-order valence-corrected chi connectivity index (χ4v) is 1.89. The molecule has 0 aliphatic rings. The normalized spacial score (nSPS) is 12.0. The van der Waals surface area contributed by atoms with Crippen molar-refractivity contribution in [3.8, 4) is 0 Å². The maximum absolute atomic E-state index is 12.0. The maximum atomic E-state index is 12.0. The summed E-state index contributed by atoms with van der Waals surface area (Å²) in [4.78, 5) is 34.0. The van der Waals surface area contributed by atoms with Crippen LogP contribution in [-0.4, -0.2) is 54.5 Å². The summed E-state index contributed by atoms with van der Waals surface area (Å²) in [7, 11) is 0. The number of unbranched alkanes of at least 4 members (excludes halogenated alkanes) is 2. The Balaban J connectivity index is 3.98. The van der Waals surface area contributed by atoms with E-state index < -0.39 is 30.5 Å². The van der Waals surface area contributed by atoms with Crippen LogP contribution in [0.5, 0.6) is 0 Å². The van der Waals surface area contributed by atoms with Crippen molar-refractivity contribution in [2.45, 2.75) is 51.4 Å². The van der Waals surface area contributed by atoms with E-state index in [-0.39, 0.29) is 44.8 Å². The Kier molecular flexibility index (Phi) is 9.50. The van der Waals surface area contributed by atoms with Crippen LogP contribution in [0.15, 0.2) is 0 Å². The molecule has 0 rings (SSSR count). The molecule has 0 atom stereocenters. The van der Waals surface area contributed by atoms with Crippen LogP contribution in [-0.2, 0) is 14.4 Å². The molecule has 11 heteroatoms. The van der Waals surface area contributed by atoms with E-state index in [9.17, 15) is 40.7 Å². The fourth-order valence-electron chi connectivity index (χ4n) is 1.89. The van der Waals surface area contributed by atoms with Gasteiger partial charge in [0.15, 0.2) is 0 Å². The lowest BCUT2D eigenvalue weighted by Crippen LogP contribution is -2.37. The fraction of sp³-hybridized carbons (Fsp3) is 0.786. The van der Waals surface area contributed by atoms with Gasteiger partial charge in [0.25, 0.3) is 0 Å². The van der Waals surface area contributed by atoms with Gasteiger partial charge in [0, 0.05) is 33.0 Å². The van der Waals surface area contributed by atoms with E-state index in [0.717, 1.165) is 0 Å². The molecule has 1 N–H and O–H groups in total. The molecule has 0 unspecified atom stereocenters. The van der Waals surface area contributed by atoms with Gasteiger partial charge in [-0.05, 0) is 25.7 Å². The first-order valence-corrected chi connectivity index (χ1v) is 7.56. The molecule has 2 amide bonds. The minimum atomic E-state index is -4.95. The summed E-state index contributed by atoms with van der Waals surface area (Å²) < 4.78 is 71.9. The van der Waals surface area contributed by atoms with Gasteiger partial charge in [-0.25, -0.2) is 0 Å². The summed E-state index contributed by atoms with van der Waals surface area (Å²) in [5.74, 6) is -4.19. The molecule has 25 heavy (non-hydrogen) atoms. The molecule has 0 aromatic heterocycles. The maximum Gasteiger partial charge on any atom is 0.471 e. The molecule has 0 aliphatic heterocycles. The van der Waals surface area contributed by atoms with Gasteiger partial charge in [-0.1, -0.05) is 0 Å². The van der Waals surface area contributed by atoms with E-state index in [2.05, 4.69) is 0 Å². The predicted octanol–water partition coefficient (Wildman–Crippen LogP) is 2.60. The Morgan fingerprint density at radius 1 is 0.840 bits per heavy atom. The molecule has 146 valence electrons. The number of hydrogen-bond donors (Lipinski definition) is 1. The molecule has 0 aromatic carbocycles. The highest BCUT2D eigenvalue weighted by Gasteiger charge is 2.38. The molecular formula is C14H20F6N2O3. The van der Waals surface area contributed by atoms with E-state index in [1.54, 1.807) is 5.32 Å². The minimum Gasteiger partial charge on any atom is -0.348 e. The topological polar surface area (TPSA) is 66.5 Å². The standard InChI is InChI=1S/C14H20F6N2O3/c1-10(23)22(8-4-2-6-11(24)13(15,16)17)9-5-3-7-21-12(25)14(18,19)20/h2-9H2,1H3,(H,21,25). The Bertz CT molecular complexity index is 462. The van der Waals surface area contributed by atoms with Crippen LogP contribution in [0.25, 0.3) is 0 Å². The number of Topliss-reactive ketones (excluding diaryl/α,β-unsaturated/α-hetero) is 1. The van der Waals surface area contributed by atoms with Gasteiger partial charge in [0.2, 0.25) is 11.7 Å². The van der Waals surface area contributed by atoms with E-state index in [1.807, 2.05) is 0 Å². The summed E-state index contributed by atoms with van der Waals surface area (Å²) in [6.45, 7) is 1.40. The average Bonchev–Trinajstić information content (AvgIpc) is 2.46. The summed E-state index contributed by atoms with van der Waals surface area (Å²) in [6, 6.07) is 0. The third kappa shape index (κ3) is 10.6. The highest BCUT2D eigenvalue weighted by Crippen LogP contribution is 2.19. The predicted molar refractivity (Wildman–Crippen MR) is 75.5 cm³/mol. The summed E-state index contributed by atoms with van der Waals surface area (Å²) in [5.41, 5.74) is 0. The van der Waals surface area contributed by atoms with Gasteiger partial charge >= 0.3 is 18.3 Å². The van der Waals surface area contributed by atoms with Crippen LogP contribution in [0.1, 0.15) is 39.0 Å². The number of carbonyl (C=O) groups is 3. The van der Waals surface area contributed by atoms with Crippen molar-refractivity contribution in [1.82, 2.24) is 10.2 Å². The van der Waals surface area contributed by atoms with Crippen LogP contribution < -0.4 is 5.32 Å². The van der Waals surface area contributed by atoms with Crippen molar-refractivity contribution < 1.29 is 40.7 Å². The van der Waals surface area contributed by atoms with Gasteiger partial charge in [-0.3, -0.25) is 14.4 Å². The van der Waals surface area contributed by atoms with E-state index in [1.165, 1.54) is 11.8 Å². The monoisotopic (exact) mass is 378 g/mol. The number of nitrogens with zero attached hydrogens (tertiary/aromatic N) is 1. The molecule has 0 saturated heterocycles. The minimum absolute atomic E-state index is 0.0240. The third-order valence-electron chi connectivity index (χ3n) is 3.24. The first-order chi connectivity index (χ1) is 11.4. The lowest BCUT2D eigenvalue weighted by atomic mass is 10.1. The molecule has 0 saturated carbocycles. The molecule has 0 aromatic rings. The molecule has 0 heterocycles. The number of ketones is 1. The van der Waals surface area contributed by atoms with Crippen molar-refractivity contribution in [3.63, 3.8) is 0 Å². The molecule has 0 bridgehead atoms. The zero-order valence-electron chi connectivity index (χ0n) is 13.6. The number of rotatable bonds is 10. The second-order valence-electron chi connectivity index (χ2n) is 5.34. The largest absolute Gasteiger partial charge is 0.471 e. The molecule has 0 fully saturated rings. The van der Waals surface area contributed by atoms with Crippen molar-refractivity contribution in [2.24, 2.45) is 0 Å². The Morgan fingerprint density at radius 3 is 1.80 bits per heavy atom. The zero-order valence-corrected chi connectivity index (χ0v) is 13.6. The molecular weight excluding hydrogens is 358 g/mol. The lowest BCUT2D eigenvalue weighted by molar-refractivity contribution is -0.173. The van der Waals surface area contributed by atoms with Crippen LogP contribution in [0.4, 0.5) is 26.3 Å². The van der Waals surface area contributed by atoms with Gasteiger partial charge in [0.1, 0.15) is 0 Å². The van der Waals surface area contributed by atoms with Gasteiger partial charge in [0.05, 0.1) is 0 Å². The molecule has 5 nitrogen and oxygen atoms in total. The average molecular weight is 378 g/mol. The number of amides is 2. The van der Waals surface area contributed by atoms with E-state index in [4.69, 9.17) is 0 Å². The first-order valence-electron chi connectivity index (χ1n) is 7.56. The smallest absolute Gasteiger partial charge is 0.348 e. The molecule has 0 spiro atoms. The van der Waals surface area contributed by atoms with Crippen molar-refractivity contribution in [2.75, 3.05) is 19.6 Å². The van der Waals surface area contributed by atoms with Crippen LogP contribution in [0.3, 0.4) is 0 Å². The second kappa shape index (κ2) is 10.2. The highest BCUT2D eigenvalue weighted by molar-refractivity contribution is 5.83. The SMILES string of the molecule is CC(=O)N(CCCCNC(=O)C(F)(F)F)CCCCC(=O)C(F)(F)F. The lowest BCUT2D eigenvalue weighted by Gasteiger charge is -2.21. The summed E-state index contributed by atoms with van der Waals surface area (Å²) in [6.07, 6.45) is -9.76. The Hall–Kier alpha value is -1.81. The quantitative estimate of drug-likeness (QED) is 0.469. The highest BCUT2D eigenvalue weighted by atomic mass is 19.4. The van der Waals surface area contributed by atoms with Crippen molar-refractivity contribution >= 4 is 17.6 Å². The number of carbonyl (C=O) groups excluding carboxylic acids is 3. The van der Waals surface area contributed by atoms with Gasteiger partial charge in [-0.15, -0.1) is 0 Å². The van der Waals surface area contributed by atoms with E-state index in [0.29, 0.717) is 6.42 Å². The van der Waals surface area contributed by atoms with Crippen molar-refractivity contribution in [3.05, 3.63) is 0 Å². The number of nitrogens with one attached hydrogen (secondary N) is 1. The van der Waals surface area contributed by atoms with Crippen molar-refractivity contribution in [1.29, 1.82) is 0 Å². The molecule has 0 radical (unpaired) electrons. The van der Waals surface area contributed by atoms with Crippen LogP contribution >= 0.6 is 0 Å². The van der Waals surface area contributed by atoms with Gasteiger partial charge < -0.3 is 10.2 Å².